The molecule has 1 saturated carbocycles. The molecule has 2 aromatic heterocycles. The molecule has 0 atom stereocenters. The molecular formula is C25H30ClN5O4. The first-order valence-corrected chi connectivity index (χ1v) is 12.4. The molecule has 0 N–H and O–H groups in total. The van der Waals surface area contributed by atoms with Crippen LogP contribution in [0.15, 0.2) is 28.8 Å². The van der Waals surface area contributed by atoms with Crippen molar-refractivity contribution in [1.29, 1.82) is 0 Å². The number of aryl methyl sites for hydroxylation is 1. The van der Waals surface area contributed by atoms with Gasteiger partial charge in [0, 0.05) is 22.9 Å². The van der Waals surface area contributed by atoms with Crippen LogP contribution in [0.5, 0.6) is 0 Å². The van der Waals surface area contributed by atoms with E-state index >= 15 is 0 Å². The highest BCUT2D eigenvalue weighted by molar-refractivity contribution is 6.30. The van der Waals surface area contributed by atoms with E-state index in [0.29, 0.717) is 23.3 Å². The Balaban J connectivity index is 1.40. The molecule has 1 aliphatic carbocycles. The lowest BCUT2D eigenvalue weighted by atomic mass is 9.80. The van der Waals surface area contributed by atoms with E-state index in [2.05, 4.69) is 19.9 Å². The van der Waals surface area contributed by atoms with Crippen molar-refractivity contribution in [2.24, 2.45) is 0 Å². The maximum absolute atomic E-state index is 12.4. The van der Waals surface area contributed by atoms with Crippen LogP contribution in [-0.2, 0) is 22.7 Å². The number of hydroxylamine groups is 2. The molecule has 0 unspecified atom stereocenters. The van der Waals surface area contributed by atoms with Crippen LogP contribution < -0.4 is 0 Å². The number of rotatable bonds is 3. The molecule has 1 aromatic carbocycles. The fraction of sp³-hybridized carbons (Fsp3) is 0.520. The van der Waals surface area contributed by atoms with Gasteiger partial charge in [-0.25, -0.2) is 4.79 Å². The Bertz CT molecular complexity index is 1220. The van der Waals surface area contributed by atoms with Gasteiger partial charge in [-0.3, -0.25) is 4.57 Å². The number of nitrogens with zero attached hydrogens (tertiary/aromatic N) is 5. The van der Waals surface area contributed by atoms with Crippen LogP contribution in [-0.4, -0.2) is 36.7 Å². The molecule has 0 amide bonds. The predicted molar refractivity (Wildman–Crippen MR) is 128 cm³/mol. The van der Waals surface area contributed by atoms with Gasteiger partial charge >= 0.3 is 6.16 Å². The Morgan fingerprint density at radius 2 is 1.83 bits per heavy atom. The number of hydrogen-bond acceptors (Lipinski definition) is 8. The Morgan fingerprint density at radius 1 is 1.09 bits per heavy atom. The summed E-state index contributed by atoms with van der Waals surface area (Å²) >= 11 is 6.33. The standard InChI is InChI=1S/C25H30ClN5O4/c1-15-11-20(29-34-15)16-5-7-17(8-6-16)23-28-27-22-14-30(35-24(32)33-25(2,3)4)13-18-12-19(26)9-10-21(18)31(22)23/h9-12,16-17H,5-8,13-14H2,1-4H3. The lowest BCUT2D eigenvalue weighted by Gasteiger charge is -2.27. The van der Waals surface area contributed by atoms with Gasteiger partial charge in [0.2, 0.25) is 0 Å². The monoisotopic (exact) mass is 499 g/mol. The number of carbonyl (C=O) groups excluding carboxylic acids is 1. The summed E-state index contributed by atoms with van der Waals surface area (Å²) in [6.45, 7) is 7.96. The van der Waals surface area contributed by atoms with Crippen molar-refractivity contribution in [1.82, 2.24) is 25.0 Å². The number of halogens is 1. The molecule has 35 heavy (non-hydrogen) atoms. The van der Waals surface area contributed by atoms with Crippen molar-refractivity contribution < 1.29 is 18.9 Å². The summed E-state index contributed by atoms with van der Waals surface area (Å²) in [5, 5.41) is 15.5. The van der Waals surface area contributed by atoms with Gasteiger partial charge in [-0.1, -0.05) is 16.8 Å². The molecule has 3 aromatic rings. The topological polar surface area (TPSA) is 95.5 Å². The van der Waals surface area contributed by atoms with E-state index < -0.39 is 11.8 Å². The summed E-state index contributed by atoms with van der Waals surface area (Å²) in [6.07, 6.45) is 3.24. The minimum atomic E-state index is -0.754. The van der Waals surface area contributed by atoms with E-state index in [9.17, 15) is 4.79 Å². The second-order valence-electron chi connectivity index (χ2n) is 10.3. The van der Waals surface area contributed by atoms with Gasteiger partial charge in [-0.2, -0.15) is 0 Å². The second-order valence-corrected chi connectivity index (χ2v) is 10.8. The van der Waals surface area contributed by atoms with Crippen molar-refractivity contribution in [2.45, 2.75) is 83.9 Å². The molecule has 3 heterocycles. The van der Waals surface area contributed by atoms with E-state index in [4.69, 9.17) is 25.7 Å². The summed E-state index contributed by atoms with van der Waals surface area (Å²) in [5.74, 6) is 3.15. The highest BCUT2D eigenvalue weighted by Crippen LogP contribution is 2.41. The Morgan fingerprint density at radius 3 is 2.51 bits per heavy atom. The largest absolute Gasteiger partial charge is 0.528 e. The molecule has 1 aliphatic heterocycles. The van der Waals surface area contributed by atoms with Crippen LogP contribution in [0, 0.1) is 6.92 Å². The van der Waals surface area contributed by atoms with Crippen molar-refractivity contribution in [3.8, 4) is 5.69 Å². The number of benzene rings is 1. The number of aromatic nitrogens is 4. The third kappa shape index (κ3) is 5.21. The third-order valence-electron chi connectivity index (χ3n) is 6.45. The SMILES string of the molecule is Cc1cc(C2CCC(c3nnc4n3-c3ccc(Cl)cc3CN(OC(=O)OC(C)(C)C)C4)CC2)no1. The normalized spacial score (nSPS) is 20.6. The summed E-state index contributed by atoms with van der Waals surface area (Å²) < 4.78 is 12.7. The Hall–Kier alpha value is -2.91. The molecule has 186 valence electrons. The molecular weight excluding hydrogens is 470 g/mol. The van der Waals surface area contributed by atoms with Crippen LogP contribution in [0.2, 0.25) is 5.02 Å². The quantitative estimate of drug-likeness (QED) is 0.414. The molecule has 0 radical (unpaired) electrons. The van der Waals surface area contributed by atoms with E-state index in [-0.39, 0.29) is 12.5 Å². The first kappa shape index (κ1) is 23.8. The highest BCUT2D eigenvalue weighted by atomic mass is 35.5. The predicted octanol–water partition coefficient (Wildman–Crippen LogP) is 5.84. The second kappa shape index (κ2) is 9.28. The summed E-state index contributed by atoms with van der Waals surface area (Å²) in [4.78, 5) is 17.9. The van der Waals surface area contributed by atoms with Gasteiger partial charge in [0.25, 0.3) is 0 Å². The number of ether oxygens (including phenoxy) is 1. The van der Waals surface area contributed by atoms with E-state index in [1.165, 1.54) is 0 Å². The lowest BCUT2D eigenvalue weighted by Crippen LogP contribution is -2.31. The minimum absolute atomic E-state index is 0.266. The Labute approximate surface area is 209 Å². The zero-order chi connectivity index (χ0) is 24.7. The highest BCUT2D eigenvalue weighted by Gasteiger charge is 2.33. The van der Waals surface area contributed by atoms with Crippen molar-refractivity contribution in [3.63, 3.8) is 0 Å². The van der Waals surface area contributed by atoms with Gasteiger partial charge < -0.3 is 14.1 Å². The summed E-state index contributed by atoms with van der Waals surface area (Å²) in [5.41, 5.74) is 2.26. The van der Waals surface area contributed by atoms with Gasteiger partial charge in [0.1, 0.15) is 17.2 Å². The van der Waals surface area contributed by atoms with Crippen molar-refractivity contribution in [3.05, 3.63) is 58.0 Å². The molecule has 0 spiro atoms. The van der Waals surface area contributed by atoms with E-state index in [0.717, 1.165) is 54.2 Å². The lowest BCUT2D eigenvalue weighted by molar-refractivity contribution is -0.155. The summed E-state index contributed by atoms with van der Waals surface area (Å²) in [7, 11) is 0. The number of carbonyl (C=O) groups is 1. The first-order valence-electron chi connectivity index (χ1n) is 12.0. The maximum atomic E-state index is 12.4. The molecule has 2 aliphatic rings. The molecule has 10 heteroatoms. The molecule has 5 rings (SSSR count). The van der Waals surface area contributed by atoms with Gasteiger partial charge in [-0.05, 0) is 77.1 Å². The van der Waals surface area contributed by atoms with Gasteiger partial charge in [0.15, 0.2) is 5.82 Å². The van der Waals surface area contributed by atoms with Crippen LogP contribution in [0.25, 0.3) is 5.69 Å². The van der Waals surface area contributed by atoms with E-state index in [1.807, 2.05) is 31.2 Å². The zero-order valence-electron chi connectivity index (χ0n) is 20.5. The molecule has 9 nitrogen and oxygen atoms in total. The molecule has 1 fully saturated rings. The fourth-order valence-electron chi connectivity index (χ4n) is 4.93. The van der Waals surface area contributed by atoms with Crippen LogP contribution in [0.3, 0.4) is 0 Å². The number of fused-ring (bicyclic) bond motifs is 3. The maximum Gasteiger partial charge on any atom is 0.528 e. The van der Waals surface area contributed by atoms with Crippen LogP contribution >= 0.6 is 11.6 Å². The van der Waals surface area contributed by atoms with Gasteiger partial charge in [0.05, 0.1) is 24.5 Å². The Kier molecular flexibility index (Phi) is 6.31. The average Bonchev–Trinajstić information content (AvgIpc) is 3.36. The smallest absolute Gasteiger partial charge is 0.427 e. The third-order valence-corrected chi connectivity index (χ3v) is 6.69. The minimum Gasteiger partial charge on any atom is -0.427 e. The number of hydrogen-bond donors (Lipinski definition) is 0. The first-order chi connectivity index (χ1) is 16.7. The zero-order valence-corrected chi connectivity index (χ0v) is 21.2. The molecule has 0 saturated heterocycles. The van der Waals surface area contributed by atoms with Crippen molar-refractivity contribution >= 4 is 17.8 Å². The van der Waals surface area contributed by atoms with Crippen molar-refractivity contribution in [2.75, 3.05) is 0 Å². The summed E-state index contributed by atoms with van der Waals surface area (Å²) in [6, 6.07) is 7.77. The van der Waals surface area contributed by atoms with Crippen LogP contribution in [0.1, 0.15) is 87.0 Å². The average molecular weight is 500 g/mol. The van der Waals surface area contributed by atoms with Crippen LogP contribution in [0.4, 0.5) is 4.79 Å². The fourth-order valence-corrected chi connectivity index (χ4v) is 5.12. The van der Waals surface area contributed by atoms with Gasteiger partial charge in [-0.15, -0.1) is 15.3 Å². The van der Waals surface area contributed by atoms with E-state index in [1.54, 1.807) is 25.8 Å². The molecule has 0 bridgehead atoms.